The monoisotopic (exact) mass is 408 g/mol. The van der Waals surface area contributed by atoms with Crippen LogP contribution in [0.25, 0.3) is 22.2 Å². The summed E-state index contributed by atoms with van der Waals surface area (Å²) in [5.74, 6) is 0.496. The minimum atomic E-state index is -0.121. The second-order valence-electron chi connectivity index (χ2n) is 8.38. The summed E-state index contributed by atoms with van der Waals surface area (Å²) in [6.07, 6.45) is 1.98. The summed E-state index contributed by atoms with van der Waals surface area (Å²) in [5, 5.41) is 3.92. The number of nitrogens with one attached hydrogen (secondary N) is 1. The Morgan fingerprint density at radius 3 is 2.42 bits per heavy atom. The first-order valence-corrected chi connectivity index (χ1v) is 10.9. The fourth-order valence-electron chi connectivity index (χ4n) is 3.86. The normalized spacial score (nSPS) is 11.1. The Kier molecular flexibility index (Phi) is 6.13. The summed E-state index contributed by atoms with van der Waals surface area (Å²) in [6, 6.07) is 26.2. The smallest absolute Gasteiger partial charge is 0.256 e. The van der Waals surface area contributed by atoms with Crippen LogP contribution in [0.15, 0.2) is 78.9 Å². The molecule has 0 aliphatic rings. The van der Waals surface area contributed by atoms with Crippen LogP contribution in [0.3, 0.4) is 0 Å². The number of rotatable bonds is 6. The van der Waals surface area contributed by atoms with Gasteiger partial charge in [0.15, 0.2) is 0 Å². The maximum absolute atomic E-state index is 13.2. The van der Waals surface area contributed by atoms with Crippen LogP contribution in [-0.4, -0.2) is 10.9 Å². The molecule has 4 aromatic rings. The third kappa shape index (κ3) is 4.83. The number of nitrogens with zero attached hydrogens (tertiary/aromatic N) is 1. The van der Waals surface area contributed by atoms with Gasteiger partial charge in [0.25, 0.3) is 5.91 Å². The quantitative estimate of drug-likeness (QED) is 0.376. The van der Waals surface area contributed by atoms with E-state index in [1.165, 1.54) is 11.1 Å². The highest BCUT2D eigenvalue weighted by molar-refractivity contribution is 6.13. The van der Waals surface area contributed by atoms with Crippen LogP contribution in [0, 0.1) is 5.92 Å². The average molecular weight is 409 g/mol. The zero-order valence-corrected chi connectivity index (χ0v) is 18.4. The number of benzene rings is 3. The van der Waals surface area contributed by atoms with Gasteiger partial charge in [-0.2, -0.15) is 0 Å². The molecule has 0 spiro atoms. The molecule has 3 heteroatoms. The third-order valence-corrected chi connectivity index (χ3v) is 5.45. The number of hydrogen-bond donors (Lipinski definition) is 1. The molecule has 0 aliphatic carbocycles. The maximum Gasteiger partial charge on any atom is 0.256 e. The molecule has 0 saturated heterocycles. The number of hydrogen-bond acceptors (Lipinski definition) is 2. The van der Waals surface area contributed by atoms with Crippen molar-refractivity contribution >= 4 is 22.5 Å². The summed E-state index contributed by atoms with van der Waals surface area (Å²) < 4.78 is 0. The predicted octanol–water partition coefficient (Wildman–Crippen LogP) is 6.92. The number of aryl methyl sites for hydroxylation is 1. The summed E-state index contributed by atoms with van der Waals surface area (Å²) >= 11 is 0. The second-order valence-corrected chi connectivity index (χ2v) is 8.38. The zero-order valence-electron chi connectivity index (χ0n) is 18.4. The number of aromatic nitrogens is 1. The van der Waals surface area contributed by atoms with Crippen molar-refractivity contribution in [1.29, 1.82) is 0 Å². The number of amides is 1. The van der Waals surface area contributed by atoms with E-state index >= 15 is 0 Å². The predicted molar refractivity (Wildman–Crippen MR) is 129 cm³/mol. The van der Waals surface area contributed by atoms with Crippen molar-refractivity contribution in [2.24, 2.45) is 5.92 Å². The van der Waals surface area contributed by atoms with E-state index in [1.807, 2.05) is 48.5 Å². The summed E-state index contributed by atoms with van der Waals surface area (Å²) in [5.41, 5.74) is 6.59. The molecule has 1 heterocycles. The molecule has 1 amide bonds. The van der Waals surface area contributed by atoms with E-state index < -0.39 is 0 Å². The number of carbonyl (C=O) groups is 1. The fourth-order valence-corrected chi connectivity index (χ4v) is 3.86. The van der Waals surface area contributed by atoms with Gasteiger partial charge in [0.2, 0.25) is 0 Å². The molecular weight excluding hydrogens is 380 g/mol. The van der Waals surface area contributed by atoms with Crippen molar-refractivity contribution in [3.8, 4) is 11.3 Å². The van der Waals surface area contributed by atoms with Gasteiger partial charge in [0, 0.05) is 16.6 Å². The number of fused-ring (bicyclic) bond motifs is 1. The molecule has 3 aromatic carbocycles. The lowest BCUT2D eigenvalue weighted by Crippen LogP contribution is -2.13. The highest BCUT2D eigenvalue weighted by Crippen LogP contribution is 2.26. The van der Waals surface area contributed by atoms with Gasteiger partial charge >= 0.3 is 0 Å². The van der Waals surface area contributed by atoms with Crippen LogP contribution >= 0.6 is 0 Å². The van der Waals surface area contributed by atoms with E-state index in [2.05, 4.69) is 56.4 Å². The molecular formula is C28H28N2O. The standard InChI is InChI=1S/C28H28N2O/c1-4-20-8-7-9-23(17-20)29-28(31)25-18-27(30-26-11-6-5-10-24(25)26)22-14-12-21(13-15-22)16-19(2)3/h5-15,17-19H,4,16H2,1-3H3,(H,29,31). The molecule has 156 valence electrons. The first-order chi connectivity index (χ1) is 15.0. The summed E-state index contributed by atoms with van der Waals surface area (Å²) in [4.78, 5) is 18.1. The Balaban J connectivity index is 1.71. The van der Waals surface area contributed by atoms with Crippen LogP contribution in [0.4, 0.5) is 5.69 Å². The van der Waals surface area contributed by atoms with Crippen molar-refractivity contribution in [1.82, 2.24) is 4.98 Å². The van der Waals surface area contributed by atoms with Crippen molar-refractivity contribution in [2.75, 3.05) is 5.32 Å². The van der Waals surface area contributed by atoms with Gasteiger partial charge in [-0.05, 0) is 54.2 Å². The van der Waals surface area contributed by atoms with E-state index in [1.54, 1.807) is 0 Å². The molecule has 0 unspecified atom stereocenters. The van der Waals surface area contributed by atoms with Crippen LogP contribution in [0.2, 0.25) is 0 Å². The largest absolute Gasteiger partial charge is 0.322 e. The Morgan fingerprint density at radius 2 is 1.68 bits per heavy atom. The minimum absolute atomic E-state index is 0.121. The number of anilines is 1. The van der Waals surface area contributed by atoms with Crippen LogP contribution in [0.1, 0.15) is 42.3 Å². The molecule has 1 N–H and O–H groups in total. The van der Waals surface area contributed by atoms with Gasteiger partial charge < -0.3 is 5.32 Å². The number of para-hydroxylation sites is 1. The molecule has 0 atom stereocenters. The van der Waals surface area contributed by atoms with Gasteiger partial charge in [-0.1, -0.05) is 75.4 Å². The van der Waals surface area contributed by atoms with Crippen molar-refractivity contribution in [3.05, 3.63) is 95.6 Å². The van der Waals surface area contributed by atoms with Gasteiger partial charge in [-0.3, -0.25) is 4.79 Å². The third-order valence-electron chi connectivity index (χ3n) is 5.45. The lowest BCUT2D eigenvalue weighted by atomic mass is 9.99. The lowest BCUT2D eigenvalue weighted by Gasteiger charge is -2.12. The minimum Gasteiger partial charge on any atom is -0.322 e. The maximum atomic E-state index is 13.2. The molecule has 0 fully saturated rings. The Hall–Kier alpha value is -3.46. The molecule has 0 radical (unpaired) electrons. The van der Waals surface area contributed by atoms with Crippen LogP contribution in [-0.2, 0) is 12.8 Å². The number of pyridine rings is 1. The van der Waals surface area contributed by atoms with Crippen LogP contribution < -0.4 is 5.32 Å². The van der Waals surface area contributed by atoms with E-state index in [9.17, 15) is 4.79 Å². The first-order valence-electron chi connectivity index (χ1n) is 10.9. The fraction of sp³-hybridized carbons (Fsp3) is 0.214. The van der Waals surface area contributed by atoms with Gasteiger partial charge in [0.1, 0.15) is 0 Å². The second kappa shape index (κ2) is 9.13. The molecule has 31 heavy (non-hydrogen) atoms. The topological polar surface area (TPSA) is 42.0 Å². The SMILES string of the molecule is CCc1cccc(NC(=O)c2cc(-c3ccc(CC(C)C)cc3)nc3ccccc23)c1. The van der Waals surface area contributed by atoms with Gasteiger partial charge in [0.05, 0.1) is 16.8 Å². The summed E-state index contributed by atoms with van der Waals surface area (Å²) in [6.45, 7) is 6.55. The average Bonchev–Trinajstić information content (AvgIpc) is 2.78. The van der Waals surface area contributed by atoms with Crippen molar-refractivity contribution in [2.45, 2.75) is 33.6 Å². The van der Waals surface area contributed by atoms with E-state index in [-0.39, 0.29) is 5.91 Å². The zero-order chi connectivity index (χ0) is 21.8. The highest BCUT2D eigenvalue weighted by Gasteiger charge is 2.14. The molecule has 0 aliphatic heterocycles. The van der Waals surface area contributed by atoms with E-state index in [0.717, 1.165) is 40.7 Å². The van der Waals surface area contributed by atoms with E-state index in [0.29, 0.717) is 11.5 Å². The van der Waals surface area contributed by atoms with Crippen molar-refractivity contribution < 1.29 is 4.79 Å². The molecule has 0 saturated carbocycles. The lowest BCUT2D eigenvalue weighted by molar-refractivity contribution is 0.102. The van der Waals surface area contributed by atoms with Crippen LogP contribution in [0.5, 0.6) is 0 Å². The Morgan fingerprint density at radius 1 is 0.903 bits per heavy atom. The molecule has 1 aromatic heterocycles. The van der Waals surface area contributed by atoms with Crippen molar-refractivity contribution in [3.63, 3.8) is 0 Å². The molecule has 0 bridgehead atoms. The first kappa shape index (κ1) is 20.8. The molecule has 3 nitrogen and oxygen atoms in total. The highest BCUT2D eigenvalue weighted by atomic mass is 16.1. The summed E-state index contributed by atoms with van der Waals surface area (Å²) in [7, 11) is 0. The Labute approximate surface area is 184 Å². The number of carbonyl (C=O) groups excluding carboxylic acids is 1. The van der Waals surface area contributed by atoms with Gasteiger partial charge in [-0.25, -0.2) is 4.98 Å². The Bertz CT molecular complexity index is 1210. The molecule has 4 rings (SSSR count). The van der Waals surface area contributed by atoms with Gasteiger partial charge in [-0.15, -0.1) is 0 Å². The van der Waals surface area contributed by atoms with E-state index in [4.69, 9.17) is 4.98 Å².